The smallest absolute Gasteiger partial charge is 0.282 e. The average Bonchev–Trinajstić information content (AvgIpc) is 3.17. The van der Waals surface area contributed by atoms with Gasteiger partial charge in [0, 0.05) is 36.1 Å². The molecule has 1 radical (unpaired) electrons. The zero-order valence-electron chi connectivity index (χ0n) is 21.4. The molecule has 0 spiro atoms. The second kappa shape index (κ2) is 12.7. The van der Waals surface area contributed by atoms with Crippen molar-refractivity contribution in [1.82, 2.24) is 0 Å². The molecule has 1 aliphatic rings. The van der Waals surface area contributed by atoms with Crippen molar-refractivity contribution in [1.29, 1.82) is 0 Å². The monoisotopic (exact) mass is 632 g/mol. The summed E-state index contributed by atoms with van der Waals surface area (Å²) in [4.78, 5) is 12.4. The van der Waals surface area contributed by atoms with Crippen molar-refractivity contribution in [2.75, 3.05) is 15.9 Å². The van der Waals surface area contributed by atoms with E-state index < -0.39 is 37.0 Å². The minimum absolute atomic E-state index is 0. The van der Waals surface area contributed by atoms with Crippen LogP contribution in [0.1, 0.15) is 13.8 Å². The van der Waals surface area contributed by atoms with Gasteiger partial charge in [0.05, 0.1) is 27.1 Å². The molecule has 0 bridgehead atoms. The fourth-order valence-electron chi connectivity index (χ4n) is 3.82. The molecular weight excluding hydrogens is 612 g/mol. The summed E-state index contributed by atoms with van der Waals surface area (Å²) in [5.74, 6) is -0.686. The van der Waals surface area contributed by atoms with Gasteiger partial charge in [0.1, 0.15) is 15.5 Å². The number of anilines is 2. The SMILES string of the molecule is CCN(c1ccccc1)S(=O)(=O)c1ccccc1N=NC1C(=O)N(c2cc(Cl)c(S(=O)(=O)O)cc2Cl)N=C1C.[Na]. The maximum absolute atomic E-state index is 13.6. The number of hydrogen-bond acceptors (Lipinski definition) is 8. The van der Waals surface area contributed by atoms with E-state index >= 15 is 0 Å². The van der Waals surface area contributed by atoms with E-state index in [0.29, 0.717) is 5.69 Å². The van der Waals surface area contributed by atoms with Gasteiger partial charge in [-0.15, -0.1) is 0 Å². The summed E-state index contributed by atoms with van der Waals surface area (Å²) in [6, 6.07) is 15.4. The molecule has 0 aromatic heterocycles. The van der Waals surface area contributed by atoms with E-state index in [9.17, 15) is 26.2 Å². The molecule has 4 rings (SSSR count). The van der Waals surface area contributed by atoms with Crippen molar-refractivity contribution in [2.24, 2.45) is 15.3 Å². The van der Waals surface area contributed by atoms with Gasteiger partial charge in [0.25, 0.3) is 26.0 Å². The molecule has 0 aliphatic carbocycles. The number of carbonyl (C=O) groups excluding carboxylic acids is 1. The fourth-order valence-corrected chi connectivity index (χ4v) is 6.75. The van der Waals surface area contributed by atoms with Gasteiger partial charge in [-0.2, -0.15) is 28.8 Å². The van der Waals surface area contributed by atoms with Crippen molar-refractivity contribution < 1.29 is 26.2 Å². The third-order valence-corrected chi connectivity index (χ3v) is 9.22. The zero-order valence-corrected chi connectivity index (χ0v) is 26.6. The Morgan fingerprint density at radius 3 is 2.23 bits per heavy atom. The molecule has 1 unspecified atom stereocenters. The molecule has 1 atom stereocenters. The topological polar surface area (TPSA) is 149 Å². The van der Waals surface area contributed by atoms with Crippen LogP contribution in [0.3, 0.4) is 0 Å². The first-order valence-corrected chi connectivity index (χ1v) is 14.9. The van der Waals surface area contributed by atoms with Gasteiger partial charge in [0.15, 0.2) is 6.04 Å². The van der Waals surface area contributed by atoms with Gasteiger partial charge >= 0.3 is 0 Å². The molecule has 0 saturated carbocycles. The summed E-state index contributed by atoms with van der Waals surface area (Å²) >= 11 is 12.1. The van der Waals surface area contributed by atoms with Crippen LogP contribution >= 0.6 is 23.2 Å². The van der Waals surface area contributed by atoms with Gasteiger partial charge in [-0.3, -0.25) is 13.7 Å². The van der Waals surface area contributed by atoms with Crippen LogP contribution in [0.25, 0.3) is 0 Å². The molecule has 3 aromatic carbocycles. The van der Waals surface area contributed by atoms with Crippen molar-refractivity contribution in [2.45, 2.75) is 29.7 Å². The minimum atomic E-state index is -4.65. The second-order valence-electron chi connectivity index (χ2n) is 8.19. The Hall–Kier alpha value is -2.36. The predicted molar refractivity (Wildman–Crippen MR) is 154 cm³/mol. The summed E-state index contributed by atoms with van der Waals surface area (Å²) in [5, 5.41) is 12.6. The number of benzene rings is 3. The van der Waals surface area contributed by atoms with E-state index in [1.165, 1.54) is 23.4 Å². The van der Waals surface area contributed by atoms with Crippen LogP contribution in [-0.4, -0.2) is 75.2 Å². The van der Waals surface area contributed by atoms with E-state index in [0.717, 1.165) is 17.1 Å². The van der Waals surface area contributed by atoms with Gasteiger partial charge in [-0.25, -0.2) is 8.42 Å². The van der Waals surface area contributed by atoms with Gasteiger partial charge in [-0.05, 0) is 50.2 Å². The summed E-state index contributed by atoms with van der Waals surface area (Å²) in [6.45, 7) is 3.39. The number of hydrazone groups is 1. The predicted octanol–water partition coefficient (Wildman–Crippen LogP) is 4.95. The Labute approximate surface area is 263 Å². The molecule has 0 fully saturated rings. The number of hydrogen-bond donors (Lipinski definition) is 1. The van der Waals surface area contributed by atoms with Crippen molar-refractivity contribution >= 4 is 102 Å². The number of sulfonamides is 1. The normalized spacial score (nSPS) is 15.7. The molecule has 40 heavy (non-hydrogen) atoms. The number of rotatable bonds is 8. The molecule has 1 aliphatic heterocycles. The molecule has 1 amide bonds. The first kappa shape index (κ1) is 32.2. The molecule has 16 heteroatoms. The Balaban J connectivity index is 0.00000441. The Morgan fingerprint density at radius 2 is 1.60 bits per heavy atom. The molecule has 0 saturated heterocycles. The number of amides is 1. The largest absolute Gasteiger partial charge is 0.296 e. The van der Waals surface area contributed by atoms with E-state index in [-0.39, 0.29) is 68.1 Å². The fraction of sp³-hybridized carbons (Fsp3) is 0.167. The van der Waals surface area contributed by atoms with Crippen LogP contribution in [-0.2, 0) is 24.9 Å². The van der Waals surface area contributed by atoms with Gasteiger partial charge in [0.2, 0.25) is 0 Å². The number of para-hydroxylation sites is 1. The third-order valence-electron chi connectivity index (χ3n) is 5.65. The molecule has 1 N–H and O–H groups in total. The minimum Gasteiger partial charge on any atom is -0.282 e. The molecule has 205 valence electrons. The zero-order chi connectivity index (χ0) is 28.5. The van der Waals surface area contributed by atoms with Crippen LogP contribution in [0.2, 0.25) is 10.0 Å². The van der Waals surface area contributed by atoms with Crippen molar-refractivity contribution in [3.63, 3.8) is 0 Å². The van der Waals surface area contributed by atoms with Gasteiger partial charge < -0.3 is 0 Å². The standard InChI is InChI=1S/C24H21Cl2N5O6S2.Na/c1-3-30(16-9-5-4-6-10-16)38(33,34)21-12-8-7-11-19(21)27-28-23-15(2)29-31(24(23)32)20-13-18(26)22(14-17(20)25)39(35,36)37;/h4-14,23H,3H2,1-2H3,(H,35,36,37);. The van der Waals surface area contributed by atoms with Crippen LogP contribution < -0.4 is 9.31 Å². The third kappa shape index (κ3) is 6.42. The molecule has 3 aromatic rings. The summed E-state index contributed by atoms with van der Waals surface area (Å²) in [5.41, 5.74) is 0.673. The Bertz CT molecular complexity index is 1720. The van der Waals surface area contributed by atoms with Crippen LogP contribution in [0, 0.1) is 0 Å². The number of azo groups is 1. The Kier molecular flexibility index (Phi) is 10.2. The summed E-state index contributed by atoms with van der Waals surface area (Å²) < 4.78 is 60.6. The quantitative estimate of drug-likeness (QED) is 0.211. The number of halogens is 2. The number of carbonyl (C=O) groups is 1. The van der Waals surface area contributed by atoms with Crippen LogP contribution in [0.4, 0.5) is 17.1 Å². The van der Waals surface area contributed by atoms with Gasteiger partial charge in [-0.1, -0.05) is 53.5 Å². The maximum atomic E-state index is 13.6. The molecule has 11 nitrogen and oxygen atoms in total. The van der Waals surface area contributed by atoms with Crippen molar-refractivity contribution in [3.8, 4) is 0 Å². The second-order valence-corrected chi connectivity index (χ2v) is 12.2. The van der Waals surface area contributed by atoms with E-state index in [2.05, 4.69) is 15.3 Å². The van der Waals surface area contributed by atoms with E-state index in [1.807, 2.05) is 0 Å². The van der Waals surface area contributed by atoms with Crippen LogP contribution in [0.5, 0.6) is 0 Å². The summed E-state index contributed by atoms with van der Waals surface area (Å²) in [7, 11) is -8.69. The number of nitrogens with zero attached hydrogens (tertiary/aromatic N) is 5. The molecule has 1 heterocycles. The first-order valence-electron chi connectivity index (χ1n) is 11.3. The molecular formula is C24H21Cl2N5NaO6S2. The Morgan fingerprint density at radius 1 is 0.975 bits per heavy atom. The summed E-state index contributed by atoms with van der Waals surface area (Å²) in [6.07, 6.45) is 0. The maximum Gasteiger partial charge on any atom is 0.296 e. The van der Waals surface area contributed by atoms with Crippen LogP contribution in [0.15, 0.2) is 91.9 Å². The average molecular weight is 633 g/mol. The first-order chi connectivity index (χ1) is 18.4. The van der Waals surface area contributed by atoms with E-state index in [1.54, 1.807) is 49.4 Å². The van der Waals surface area contributed by atoms with E-state index in [4.69, 9.17) is 23.2 Å². The van der Waals surface area contributed by atoms with Crippen molar-refractivity contribution in [3.05, 3.63) is 76.8 Å².